The molecule has 4 atom stereocenters. The third-order valence-corrected chi connectivity index (χ3v) is 4.57. The van der Waals surface area contributed by atoms with E-state index in [1.165, 1.54) is 0 Å². The minimum atomic E-state index is -0.293. The van der Waals surface area contributed by atoms with Crippen LogP contribution in [0.4, 0.5) is 0 Å². The van der Waals surface area contributed by atoms with E-state index >= 15 is 0 Å². The molecule has 2 saturated carbocycles. The monoisotopic (exact) mass is 260 g/mol. The smallest absolute Gasteiger partial charge is 0.133 e. The maximum absolute atomic E-state index is 11.5. The van der Waals surface area contributed by atoms with Crippen molar-refractivity contribution in [3.8, 4) is 0 Å². The molecule has 2 fully saturated rings. The van der Waals surface area contributed by atoms with Gasteiger partial charge in [-0.2, -0.15) is 0 Å². The van der Waals surface area contributed by atoms with Gasteiger partial charge in [-0.05, 0) is 23.8 Å². The minimum absolute atomic E-state index is 0.139. The zero-order valence-corrected chi connectivity index (χ0v) is 11.0. The van der Waals surface area contributed by atoms with E-state index in [9.17, 15) is 9.90 Å². The summed E-state index contributed by atoms with van der Waals surface area (Å²) in [5.41, 5.74) is 1.15. The lowest BCUT2D eigenvalue weighted by Gasteiger charge is -2.20. The van der Waals surface area contributed by atoms with Crippen LogP contribution in [0.25, 0.3) is 0 Å². The van der Waals surface area contributed by atoms with Crippen LogP contribution in [0, 0.1) is 17.8 Å². The molecular formula is C16H20O3. The maximum Gasteiger partial charge on any atom is 0.133 e. The highest BCUT2D eigenvalue weighted by atomic mass is 16.5. The van der Waals surface area contributed by atoms with Gasteiger partial charge in [-0.3, -0.25) is 4.79 Å². The first-order valence-electron chi connectivity index (χ1n) is 7.05. The van der Waals surface area contributed by atoms with Crippen molar-refractivity contribution < 1.29 is 14.6 Å². The predicted octanol–water partition coefficient (Wildman–Crippen LogP) is 2.18. The molecule has 0 amide bonds. The molecule has 0 aliphatic heterocycles. The van der Waals surface area contributed by atoms with Crippen molar-refractivity contribution in [2.75, 3.05) is 6.61 Å². The third kappa shape index (κ3) is 2.72. The summed E-state index contributed by atoms with van der Waals surface area (Å²) in [5.74, 6) is 1.24. The summed E-state index contributed by atoms with van der Waals surface area (Å²) in [6, 6.07) is 10.0. The molecule has 0 heterocycles. The maximum atomic E-state index is 11.5. The Morgan fingerprint density at radius 3 is 2.79 bits per heavy atom. The second-order valence-electron chi connectivity index (χ2n) is 5.84. The first-order valence-corrected chi connectivity index (χ1v) is 7.05. The van der Waals surface area contributed by atoms with Gasteiger partial charge in [-0.1, -0.05) is 30.3 Å². The van der Waals surface area contributed by atoms with Gasteiger partial charge in [-0.25, -0.2) is 0 Å². The Balaban J connectivity index is 1.53. The molecule has 0 spiro atoms. The Hall–Kier alpha value is -1.19. The lowest BCUT2D eigenvalue weighted by molar-refractivity contribution is -0.118. The number of Topliss-reactive ketones (excluding diaryl/α,β-unsaturated/α-hetero) is 1. The van der Waals surface area contributed by atoms with E-state index in [1.54, 1.807) is 0 Å². The van der Waals surface area contributed by atoms with Gasteiger partial charge in [0.1, 0.15) is 5.78 Å². The van der Waals surface area contributed by atoms with Crippen LogP contribution in [0.2, 0.25) is 0 Å². The van der Waals surface area contributed by atoms with E-state index in [2.05, 4.69) is 0 Å². The molecule has 3 rings (SSSR count). The number of aliphatic hydroxyl groups excluding tert-OH is 1. The molecule has 0 aromatic heterocycles. The molecule has 3 nitrogen and oxygen atoms in total. The molecule has 0 unspecified atom stereocenters. The molecule has 3 heteroatoms. The first-order chi connectivity index (χ1) is 9.24. The van der Waals surface area contributed by atoms with Gasteiger partial charge in [0, 0.05) is 18.8 Å². The summed E-state index contributed by atoms with van der Waals surface area (Å²) in [6.07, 6.45) is 1.78. The SMILES string of the molecule is O=C1C[C@H]2C[C@@H](O)[C@H](COCc3ccccc3)[C@H]2C1. The van der Waals surface area contributed by atoms with E-state index in [1.807, 2.05) is 30.3 Å². The lowest BCUT2D eigenvalue weighted by atomic mass is 9.92. The average Bonchev–Trinajstić information content (AvgIpc) is 2.88. The van der Waals surface area contributed by atoms with Crippen molar-refractivity contribution in [3.63, 3.8) is 0 Å². The first kappa shape index (κ1) is 12.8. The van der Waals surface area contributed by atoms with Crippen LogP contribution < -0.4 is 0 Å². The molecule has 2 aliphatic carbocycles. The van der Waals surface area contributed by atoms with Crippen LogP contribution in [0.15, 0.2) is 30.3 Å². The highest BCUT2D eigenvalue weighted by Crippen LogP contribution is 2.46. The van der Waals surface area contributed by atoms with E-state index in [0.29, 0.717) is 43.7 Å². The summed E-state index contributed by atoms with van der Waals surface area (Å²) >= 11 is 0. The minimum Gasteiger partial charge on any atom is -0.393 e. The third-order valence-electron chi connectivity index (χ3n) is 4.57. The molecule has 102 valence electrons. The van der Waals surface area contributed by atoms with Crippen molar-refractivity contribution in [3.05, 3.63) is 35.9 Å². The lowest BCUT2D eigenvalue weighted by Crippen LogP contribution is -2.25. The van der Waals surface area contributed by atoms with E-state index in [0.717, 1.165) is 12.0 Å². The van der Waals surface area contributed by atoms with Crippen molar-refractivity contribution in [2.24, 2.45) is 17.8 Å². The zero-order valence-electron chi connectivity index (χ0n) is 11.0. The fourth-order valence-corrected chi connectivity index (χ4v) is 3.61. The van der Waals surface area contributed by atoms with Crippen molar-refractivity contribution >= 4 is 5.78 Å². The number of benzene rings is 1. The van der Waals surface area contributed by atoms with Crippen LogP contribution in [0.1, 0.15) is 24.8 Å². The van der Waals surface area contributed by atoms with Gasteiger partial charge in [0.25, 0.3) is 0 Å². The van der Waals surface area contributed by atoms with Gasteiger partial charge in [0.2, 0.25) is 0 Å². The summed E-state index contributed by atoms with van der Waals surface area (Å²) < 4.78 is 5.75. The Morgan fingerprint density at radius 2 is 2.00 bits per heavy atom. The number of carbonyl (C=O) groups excluding carboxylic acids is 1. The second kappa shape index (κ2) is 5.43. The van der Waals surface area contributed by atoms with Crippen molar-refractivity contribution in [2.45, 2.75) is 32.0 Å². The number of fused-ring (bicyclic) bond motifs is 1. The molecule has 0 radical (unpaired) electrons. The summed E-state index contributed by atoms with van der Waals surface area (Å²) in [6.45, 7) is 1.14. The summed E-state index contributed by atoms with van der Waals surface area (Å²) in [4.78, 5) is 11.5. The number of hydrogen-bond acceptors (Lipinski definition) is 3. The predicted molar refractivity (Wildman–Crippen MR) is 71.4 cm³/mol. The Bertz CT molecular complexity index is 443. The molecule has 1 aromatic carbocycles. The van der Waals surface area contributed by atoms with Gasteiger partial charge in [0.15, 0.2) is 0 Å². The fraction of sp³-hybridized carbons (Fsp3) is 0.562. The van der Waals surface area contributed by atoms with Gasteiger partial charge < -0.3 is 9.84 Å². The molecule has 2 aliphatic rings. The highest BCUT2D eigenvalue weighted by molar-refractivity contribution is 5.81. The normalized spacial score (nSPS) is 33.6. The zero-order chi connectivity index (χ0) is 13.2. The quantitative estimate of drug-likeness (QED) is 0.902. The Labute approximate surface area is 113 Å². The second-order valence-corrected chi connectivity index (χ2v) is 5.84. The Kier molecular flexibility index (Phi) is 3.67. The standard InChI is InChI=1S/C16H20O3/c17-13-6-12-7-16(18)15(14(12)8-13)10-19-9-11-4-2-1-3-5-11/h1-5,12,14-16,18H,6-10H2/t12-,14-,15+,16+/m0/s1. The van der Waals surface area contributed by atoms with Crippen LogP contribution in [0.3, 0.4) is 0 Å². The van der Waals surface area contributed by atoms with Gasteiger partial charge in [0.05, 0.1) is 19.3 Å². The molecule has 0 bridgehead atoms. The van der Waals surface area contributed by atoms with Crippen LogP contribution in [0.5, 0.6) is 0 Å². The number of ether oxygens (including phenoxy) is 1. The average molecular weight is 260 g/mol. The Morgan fingerprint density at radius 1 is 1.21 bits per heavy atom. The topological polar surface area (TPSA) is 46.5 Å². The van der Waals surface area contributed by atoms with E-state index in [4.69, 9.17) is 4.74 Å². The van der Waals surface area contributed by atoms with Gasteiger partial charge >= 0.3 is 0 Å². The van der Waals surface area contributed by atoms with Crippen LogP contribution >= 0.6 is 0 Å². The van der Waals surface area contributed by atoms with Crippen molar-refractivity contribution in [1.82, 2.24) is 0 Å². The molecular weight excluding hydrogens is 240 g/mol. The van der Waals surface area contributed by atoms with Crippen LogP contribution in [-0.2, 0) is 16.1 Å². The number of hydrogen-bond donors (Lipinski definition) is 1. The molecule has 19 heavy (non-hydrogen) atoms. The number of carbonyl (C=O) groups is 1. The largest absolute Gasteiger partial charge is 0.393 e. The summed E-state index contributed by atoms with van der Waals surface area (Å²) in [5, 5.41) is 10.1. The molecule has 0 saturated heterocycles. The summed E-state index contributed by atoms with van der Waals surface area (Å²) in [7, 11) is 0. The molecule has 1 aromatic rings. The van der Waals surface area contributed by atoms with Gasteiger partial charge in [-0.15, -0.1) is 0 Å². The fourth-order valence-electron chi connectivity index (χ4n) is 3.61. The highest BCUT2D eigenvalue weighted by Gasteiger charge is 2.47. The van der Waals surface area contributed by atoms with Crippen LogP contribution in [-0.4, -0.2) is 23.6 Å². The number of aliphatic hydroxyl groups is 1. The van der Waals surface area contributed by atoms with E-state index < -0.39 is 0 Å². The number of rotatable bonds is 4. The van der Waals surface area contributed by atoms with Crippen molar-refractivity contribution in [1.29, 1.82) is 0 Å². The molecule has 1 N–H and O–H groups in total. The van der Waals surface area contributed by atoms with E-state index in [-0.39, 0.29) is 12.0 Å². The number of ketones is 1.